The average molecular weight is 209 g/mol. The molecule has 0 aromatic heterocycles. The van der Waals surface area contributed by atoms with Crippen molar-refractivity contribution < 1.29 is 14.4 Å². The molecule has 1 aromatic rings. The summed E-state index contributed by atoms with van der Waals surface area (Å²) >= 11 is 5.66. The van der Waals surface area contributed by atoms with Gasteiger partial charge in [-0.15, -0.1) is 0 Å². The van der Waals surface area contributed by atoms with Crippen molar-refractivity contribution in [3.63, 3.8) is 0 Å². The molecule has 0 bridgehead atoms. The average Bonchev–Trinajstić information content (AvgIpc) is 2.14. The van der Waals surface area contributed by atoms with Crippen LogP contribution in [0.5, 0.6) is 0 Å². The molecule has 70 valence electrons. The Labute approximate surface area is 84.7 Å². The maximum Gasteiger partial charge on any atom is 0.229 e. The summed E-state index contributed by atoms with van der Waals surface area (Å²) in [5.41, 5.74) is 0.415. The first kappa shape index (κ1) is 9.09. The van der Waals surface area contributed by atoms with E-state index in [1.54, 1.807) is 0 Å². The van der Waals surface area contributed by atoms with Gasteiger partial charge >= 0.3 is 0 Å². The van der Waals surface area contributed by atoms with Crippen molar-refractivity contribution in [3.05, 3.63) is 34.3 Å². The van der Waals surface area contributed by atoms with E-state index in [4.69, 9.17) is 11.6 Å². The van der Waals surface area contributed by atoms with Gasteiger partial charge in [-0.3, -0.25) is 14.4 Å². The summed E-state index contributed by atoms with van der Waals surface area (Å²) < 4.78 is 0. The zero-order valence-corrected chi connectivity index (χ0v) is 7.80. The molecule has 0 heterocycles. The maximum absolute atomic E-state index is 11.4. The maximum atomic E-state index is 11.4. The number of hydrogen-bond acceptors (Lipinski definition) is 3. The normalized spacial score (nSPS) is 15.6. The fraction of sp³-hybridized carbons (Fsp3) is 0.100. The lowest BCUT2D eigenvalue weighted by atomic mass is 9.89. The fourth-order valence-electron chi connectivity index (χ4n) is 1.42. The molecule has 0 saturated carbocycles. The Bertz CT molecular complexity index is 462. The summed E-state index contributed by atoms with van der Waals surface area (Å²) in [6, 6.07) is 4.36. The second-order valence-corrected chi connectivity index (χ2v) is 3.48. The molecule has 1 aliphatic rings. The number of ketones is 3. The van der Waals surface area contributed by atoms with Crippen molar-refractivity contribution in [2.75, 3.05) is 0 Å². The van der Waals surface area contributed by atoms with Gasteiger partial charge in [0.1, 0.15) is 0 Å². The molecule has 14 heavy (non-hydrogen) atoms. The van der Waals surface area contributed by atoms with Gasteiger partial charge in [0.25, 0.3) is 0 Å². The highest BCUT2D eigenvalue weighted by atomic mass is 35.5. The lowest BCUT2D eigenvalue weighted by Crippen LogP contribution is -2.26. The molecular formula is C10H5ClO3. The van der Waals surface area contributed by atoms with E-state index in [1.807, 2.05) is 0 Å². The van der Waals surface area contributed by atoms with E-state index in [9.17, 15) is 14.4 Å². The molecule has 0 fully saturated rings. The molecule has 0 aliphatic heterocycles. The standard InChI is InChI=1S/C10H5ClO3/c11-5-1-2-6-7(3-5)10(14)9(13)4-8(6)12/h1-3H,4H2. The second-order valence-electron chi connectivity index (χ2n) is 3.04. The van der Waals surface area contributed by atoms with Crippen LogP contribution in [0.2, 0.25) is 5.02 Å². The van der Waals surface area contributed by atoms with E-state index < -0.39 is 11.6 Å². The smallest absolute Gasteiger partial charge is 0.229 e. The van der Waals surface area contributed by atoms with Crippen LogP contribution in [0.4, 0.5) is 0 Å². The van der Waals surface area contributed by atoms with Gasteiger partial charge in [-0.05, 0) is 18.2 Å². The minimum Gasteiger partial charge on any atom is -0.294 e. The van der Waals surface area contributed by atoms with Gasteiger partial charge in [0, 0.05) is 16.1 Å². The Hall–Kier alpha value is -1.48. The van der Waals surface area contributed by atoms with Crippen molar-refractivity contribution in [2.24, 2.45) is 0 Å². The van der Waals surface area contributed by atoms with Gasteiger partial charge in [-0.25, -0.2) is 0 Å². The second kappa shape index (κ2) is 3.03. The molecule has 1 aromatic carbocycles. The Balaban J connectivity index is 2.68. The number of halogens is 1. The van der Waals surface area contributed by atoms with Gasteiger partial charge in [-0.2, -0.15) is 0 Å². The molecule has 0 radical (unpaired) electrons. The summed E-state index contributed by atoms with van der Waals surface area (Å²) in [4.78, 5) is 33.8. The monoisotopic (exact) mass is 208 g/mol. The van der Waals surface area contributed by atoms with Gasteiger partial charge < -0.3 is 0 Å². The van der Waals surface area contributed by atoms with Crippen LogP contribution in [0, 0.1) is 0 Å². The summed E-state index contributed by atoms with van der Waals surface area (Å²) in [6.07, 6.45) is -0.326. The molecule has 0 amide bonds. The third-order valence-corrected chi connectivity index (χ3v) is 2.34. The van der Waals surface area contributed by atoms with Crippen molar-refractivity contribution in [1.82, 2.24) is 0 Å². The van der Waals surface area contributed by atoms with E-state index in [2.05, 4.69) is 0 Å². The lowest BCUT2D eigenvalue weighted by Gasteiger charge is -2.11. The van der Waals surface area contributed by atoms with E-state index in [0.29, 0.717) is 10.6 Å². The van der Waals surface area contributed by atoms with Crippen LogP contribution in [0.1, 0.15) is 27.1 Å². The quantitative estimate of drug-likeness (QED) is 0.482. The first-order valence-electron chi connectivity index (χ1n) is 4.00. The summed E-state index contributed by atoms with van der Waals surface area (Å²) in [5, 5.41) is 0.347. The van der Waals surface area contributed by atoms with Crippen LogP contribution in [0.15, 0.2) is 18.2 Å². The summed E-state index contributed by atoms with van der Waals surface area (Å²) in [5.74, 6) is -1.60. The number of rotatable bonds is 0. The third-order valence-electron chi connectivity index (χ3n) is 2.10. The summed E-state index contributed by atoms with van der Waals surface area (Å²) in [6.45, 7) is 0. The van der Waals surface area contributed by atoms with Gasteiger partial charge in [0.15, 0.2) is 5.78 Å². The van der Waals surface area contributed by atoms with Gasteiger partial charge in [0.2, 0.25) is 11.6 Å². The molecule has 4 heteroatoms. The van der Waals surface area contributed by atoms with Crippen molar-refractivity contribution in [1.29, 1.82) is 0 Å². The Morgan fingerprint density at radius 1 is 1.00 bits per heavy atom. The van der Waals surface area contributed by atoms with E-state index in [-0.39, 0.29) is 17.8 Å². The fourth-order valence-corrected chi connectivity index (χ4v) is 1.59. The Morgan fingerprint density at radius 2 is 1.71 bits per heavy atom. The number of carbonyl (C=O) groups excluding carboxylic acids is 3. The largest absolute Gasteiger partial charge is 0.294 e. The van der Waals surface area contributed by atoms with Crippen molar-refractivity contribution in [2.45, 2.75) is 6.42 Å². The zero-order chi connectivity index (χ0) is 10.3. The minimum absolute atomic E-state index is 0.124. The molecule has 0 N–H and O–H groups in total. The molecule has 2 rings (SSSR count). The first-order valence-corrected chi connectivity index (χ1v) is 4.37. The molecule has 1 aliphatic carbocycles. The summed E-state index contributed by atoms with van der Waals surface area (Å²) in [7, 11) is 0. The minimum atomic E-state index is -0.662. The molecule has 0 atom stereocenters. The van der Waals surface area contributed by atoms with Crippen molar-refractivity contribution in [3.8, 4) is 0 Å². The Morgan fingerprint density at radius 3 is 2.43 bits per heavy atom. The van der Waals surface area contributed by atoms with E-state index in [1.165, 1.54) is 18.2 Å². The SMILES string of the molecule is O=C1CC(=O)c2ccc(Cl)cc2C1=O. The number of hydrogen-bond donors (Lipinski definition) is 0. The van der Waals surface area contributed by atoms with Gasteiger partial charge in [-0.1, -0.05) is 11.6 Å². The molecule has 0 saturated heterocycles. The Kier molecular flexibility index (Phi) is 1.97. The van der Waals surface area contributed by atoms with Crippen LogP contribution in [0.3, 0.4) is 0 Å². The van der Waals surface area contributed by atoms with E-state index in [0.717, 1.165) is 0 Å². The highest BCUT2D eigenvalue weighted by molar-refractivity contribution is 6.51. The molecular weight excluding hydrogens is 204 g/mol. The van der Waals surface area contributed by atoms with Crippen LogP contribution >= 0.6 is 11.6 Å². The molecule has 0 unspecified atom stereocenters. The number of Topliss-reactive ketones (excluding diaryl/α,β-unsaturated/α-hetero) is 3. The van der Waals surface area contributed by atoms with Gasteiger partial charge in [0.05, 0.1) is 6.42 Å². The number of fused-ring (bicyclic) bond motifs is 1. The first-order chi connectivity index (χ1) is 6.59. The highest BCUT2D eigenvalue weighted by Crippen LogP contribution is 2.22. The van der Waals surface area contributed by atoms with Crippen LogP contribution in [-0.2, 0) is 4.79 Å². The number of benzene rings is 1. The highest BCUT2D eigenvalue weighted by Gasteiger charge is 2.30. The molecule has 3 nitrogen and oxygen atoms in total. The topological polar surface area (TPSA) is 51.2 Å². The van der Waals surface area contributed by atoms with Crippen LogP contribution in [-0.4, -0.2) is 17.3 Å². The predicted octanol–water partition coefficient (Wildman–Crippen LogP) is 1.68. The zero-order valence-electron chi connectivity index (χ0n) is 7.04. The van der Waals surface area contributed by atoms with Crippen LogP contribution < -0.4 is 0 Å². The number of carbonyl (C=O) groups is 3. The van der Waals surface area contributed by atoms with Crippen LogP contribution in [0.25, 0.3) is 0 Å². The lowest BCUT2D eigenvalue weighted by molar-refractivity contribution is -0.114. The predicted molar refractivity (Wildman–Crippen MR) is 49.7 cm³/mol. The third kappa shape index (κ3) is 1.26. The molecule has 0 spiro atoms. The van der Waals surface area contributed by atoms with E-state index >= 15 is 0 Å². The van der Waals surface area contributed by atoms with Crippen molar-refractivity contribution >= 4 is 29.0 Å².